The van der Waals surface area contributed by atoms with E-state index in [-0.39, 0.29) is 5.91 Å². The molecule has 0 saturated heterocycles. The average molecular weight is 264 g/mol. The van der Waals surface area contributed by atoms with E-state index in [0.717, 1.165) is 12.8 Å². The highest BCUT2D eigenvalue weighted by molar-refractivity contribution is 7.99. The number of thioether (sulfide) groups is 1. The quantitative estimate of drug-likeness (QED) is 0.856. The number of hydrogen-bond acceptors (Lipinski definition) is 3. The van der Waals surface area contributed by atoms with Crippen molar-refractivity contribution in [2.75, 3.05) is 12.3 Å². The van der Waals surface area contributed by atoms with Crippen LogP contribution in [-0.2, 0) is 17.8 Å². The van der Waals surface area contributed by atoms with Crippen LogP contribution in [0.1, 0.15) is 30.4 Å². The van der Waals surface area contributed by atoms with E-state index in [1.54, 1.807) is 0 Å². The van der Waals surface area contributed by atoms with Crippen molar-refractivity contribution in [3.63, 3.8) is 0 Å². The second-order valence-electron chi connectivity index (χ2n) is 4.56. The number of nitrogens with one attached hydrogen (secondary N) is 1. The van der Waals surface area contributed by atoms with Crippen LogP contribution >= 0.6 is 11.8 Å². The number of carbonyl (C=O) groups is 1. The second-order valence-corrected chi connectivity index (χ2v) is 5.70. The van der Waals surface area contributed by atoms with Crippen LogP contribution in [0.5, 0.6) is 0 Å². The van der Waals surface area contributed by atoms with Gasteiger partial charge in [-0.15, -0.1) is 11.8 Å². The summed E-state index contributed by atoms with van der Waals surface area (Å²) in [5.74, 6) is 1.31. The molecule has 18 heavy (non-hydrogen) atoms. The van der Waals surface area contributed by atoms with E-state index >= 15 is 0 Å². The molecule has 4 heteroatoms. The number of fused-ring (bicyclic) bond motifs is 1. The Kier molecular flexibility index (Phi) is 5.08. The summed E-state index contributed by atoms with van der Waals surface area (Å²) in [4.78, 5) is 12.9. The maximum Gasteiger partial charge on any atom is 0.220 e. The molecule has 0 saturated carbocycles. The molecule has 0 fully saturated rings. The van der Waals surface area contributed by atoms with Gasteiger partial charge in [-0.2, -0.15) is 0 Å². The number of aryl methyl sites for hydroxylation is 1. The third-order valence-corrected chi connectivity index (χ3v) is 4.27. The van der Waals surface area contributed by atoms with Gasteiger partial charge in [-0.05, 0) is 48.8 Å². The predicted octanol–water partition coefficient (Wildman–Crippen LogP) is 2.08. The summed E-state index contributed by atoms with van der Waals surface area (Å²) < 4.78 is 0. The molecule has 0 unspecified atom stereocenters. The van der Waals surface area contributed by atoms with Crippen molar-refractivity contribution < 1.29 is 4.79 Å². The van der Waals surface area contributed by atoms with Crippen molar-refractivity contribution in [3.8, 4) is 0 Å². The summed E-state index contributed by atoms with van der Waals surface area (Å²) in [5.41, 5.74) is 8.00. The minimum atomic E-state index is 0.0903. The van der Waals surface area contributed by atoms with Crippen LogP contribution in [0, 0.1) is 0 Å². The van der Waals surface area contributed by atoms with Gasteiger partial charge in [0.25, 0.3) is 0 Å². The van der Waals surface area contributed by atoms with E-state index in [1.807, 2.05) is 11.8 Å². The molecular weight excluding hydrogens is 244 g/mol. The summed E-state index contributed by atoms with van der Waals surface area (Å²) in [6.07, 6.45) is 3.70. The molecule has 1 heterocycles. The molecule has 0 radical (unpaired) electrons. The third-order valence-electron chi connectivity index (χ3n) is 3.07. The van der Waals surface area contributed by atoms with E-state index in [1.165, 1.54) is 28.2 Å². The smallest absolute Gasteiger partial charge is 0.220 e. The van der Waals surface area contributed by atoms with Crippen LogP contribution in [0.4, 0.5) is 0 Å². The minimum Gasteiger partial charge on any atom is -0.352 e. The fraction of sp³-hybridized carbons (Fsp3) is 0.500. The Balaban J connectivity index is 1.88. The first-order chi connectivity index (χ1) is 8.79. The normalized spacial score (nSPS) is 14.1. The summed E-state index contributed by atoms with van der Waals surface area (Å²) in [6.45, 7) is 1.20. The average Bonchev–Trinajstić information content (AvgIpc) is 2.42. The van der Waals surface area contributed by atoms with E-state index < -0.39 is 0 Å². The summed E-state index contributed by atoms with van der Waals surface area (Å²) in [7, 11) is 0. The van der Waals surface area contributed by atoms with Crippen LogP contribution in [0.25, 0.3) is 0 Å². The second kappa shape index (κ2) is 6.81. The number of hydrogen-bond donors (Lipinski definition) is 2. The van der Waals surface area contributed by atoms with E-state index in [0.29, 0.717) is 19.5 Å². The van der Waals surface area contributed by atoms with Gasteiger partial charge in [0.2, 0.25) is 5.91 Å². The van der Waals surface area contributed by atoms with Crippen LogP contribution in [0.3, 0.4) is 0 Å². The van der Waals surface area contributed by atoms with Gasteiger partial charge < -0.3 is 11.1 Å². The van der Waals surface area contributed by atoms with Gasteiger partial charge in [0, 0.05) is 17.9 Å². The lowest BCUT2D eigenvalue weighted by molar-refractivity contribution is -0.121. The molecular formula is C14H20N2OS. The molecule has 2 rings (SSSR count). The minimum absolute atomic E-state index is 0.0903. The van der Waals surface area contributed by atoms with Crippen molar-refractivity contribution >= 4 is 17.7 Å². The highest BCUT2D eigenvalue weighted by atomic mass is 32.2. The molecule has 1 amide bonds. The Hall–Kier alpha value is -1.00. The fourth-order valence-corrected chi connectivity index (χ4v) is 3.09. The van der Waals surface area contributed by atoms with Gasteiger partial charge in [-0.3, -0.25) is 4.79 Å². The van der Waals surface area contributed by atoms with Gasteiger partial charge >= 0.3 is 0 Å². The number of amides is 1. The first-order valence-corrected chi connectivity index (χ1v) is 7.49. The van der Waals surface area contributed by atoms with Crippen molar-refractivity contribution in [1.82, 2.24) is 5.32 Å². The van der Waals surface area contributed by atoms with Gasteiger partial charge in [-0.25, -0.2) is 0 Å². The molecule has 0 aliphatic carbocycles. The maximum absolute atomic E-state index is 11.5. The highest BCUT2D eigenvalue weighted by Crippen LogP contribution is 2.30. The molecule has 1 aromatic carbocycles. The van der Waals surface area contributed by atoms with Crippen LogP contribution < -0.4 is 11.1 Å². The van der Waals surface area contributed by atoms with Crippen molar-refractivity contribution in [2.45, 2.75) is 37.1 Å². The lowest BCUT2D eigenvalue weighted by Gasteiger charge is -2.16. The molecule has 0 aromatic heterocycles. The summed E-state index contributed by atoms with van der Waals surface area (Å²) in [6, 6.07) is 6.52. The topological polar surface area (TPSA) is 55.1 Å². The first-order valence-electron chi connectivity index (χ1n) is 6.51. The molecule has 1 aliphatic heterocycles. The molecule has 3 N–H and O–H groups in total. The van der Waals surface area contributed by atoms with Gasteiger partial charge in [0.15, 0.2) is 0 Å². The van der Waals surface area contributed by atoms with Crippen LogP contribution in [0.2, 0.25) is 0 Å². The maximum atomic E-state index is 11.5. The Morgan fingerprint density at radius 1 is 1.44 bits per heavy atom. The number of nitrogens with two attached hydrogens (primary N) is 1. The van der Waals surface area contributed by atoms with Crippen molar-refractivity contribution in [2.24, 2.45) is 5.73 Å². The standard InChI is InChI=1S/C14H20N2OS/c15-7-1-4-14(17)16-10-11-5-6-13-12(9-11)3-2-8-18-13/h5-6,9H,1-4,7-8,10,15H2,(H,16,17). The van der Waals surface area contributed by atoms with Crippen molar-refractivity contribution in [3.05, 3.63) is 29.3 Å². The van der Waals surface area contributed by atoms with Crippen LogP contribution in [-0.4, -0.2) is 18.2 Å². The molecule has 1 aliphatic rings. The fourth-order valence-electron chi connectivity index (χ4n) is 2.08. The summed E-state index contributed by atoms with van der Waals surface area (Å²) in [5, 5.41) is 2.94. The monoisotopic (exact) mass is 264 g/mol. The Morgan fingerprint density at radius 2 is 2.33 bits per heavy atom. The largest absolute Gasteiger partial charge is 0.352 e. The molecule has 98 valence electrons. The van der Waals surface area contributed by atoms with E-state index in [9.17, 15) is 4.79 Å². The lowest BCUT2D eigenvalue weighted by Crippen LogP contribution is -2.23. The number of rotatable bonds is 5. The molecule has 0 atom stereocenters. The molecule has 1 aromatic rings. The molecule has 0 spiro atoms. The van der Waals surface area contributed by atoms with Crippen molar-refractivity contribution in [1.29, 1.82) is 0 Å². The lowest BCUT2D eigenvalue weighted by atomic mass is 10.1. The first kappa shape index (κ1) is 13.4. The molecule has 0 bridgehead atoms. The van der Waals surface area contributed by atoms with E-state index in [4.69, 9.17) is 5.73 Å². The molecule has 3 nitrogen and oxygen atoms in total. The van der Waals surface area contributed by atoms with Crippen LogP contribution in [0.15, 0.2) is 23.1 Å². The Morgan fingerprint density at radius 3 is 3.17 bits per heavy atom. The Bertz CT molecular complexity index is 420. The SMILES string of the molecule is NCCCC(=O)NCc1ccc2c(c1)CCCS2. The summed E-state index contributed by atoms with van der Waals surface area (Å²) >= 11 is 1.93. The van der Waals surface area contributed by atoms with E-state index in [2.05, 4.69) is 23.5 Å². The predicted molar refractivity (Wildman–Crippen MR) is 75.6 cm³/mol. The van der Waals surface area contributed by atoms with Gasteiger partial charge in [0.1, 0.15) is 0 Å². The number of carbonyl (C=O) groups excluding carboxylic acids is 1. The van der Waals surface area contributed by atoms with Gasteiger partial charge in [0.05, 0.1) is 0 Å². The zero-order valence-corrected chi connectivity index (χ0v) is 11.4. The zero-order valence-electron chi connectivity index (χ0n) is 10.6. The third kappa shape index (κ3) is 3.75. The highest BCUT2D eigenvalue weighted by Gasteiger charge is 2.10. The Labute approximate surface area is 113 Å². The zero-order chi connectivity index (χ0) is 12.8. The van der Waals surface area contributed by atoms with Gasteiger partial charge in [-0.1, -0.05) is 12.1 Å². The number of benzene rings is 1.